The zero-order valence-electron chi connectivity index (χ0n) is 30.6. The second-order valence-electron chi connectivity index (χ2n) is 13.5. The third-order valence-electron chi connectivity index (χ3n) is 8.99. The minimum atomic E-state index is -1.38. The molecule has 0 aliphatic rings. The summed E-state index contributed by atoms with van der Waals surface area (Å²) in [5, 5.41) is 16.3. The predicted octanol–water partition coefficient (Wildman–Crippen LogP) is 4.00. The Labute approximate surface area is 314 Å². The van der Waals surface area contributed by atoms with Crippen molar-refractivity contribution in [2.75, 3.05) is 13.1 Å². The fraction of sp³-hybridized carbons (Fsp3) is 0.462. The van der Waals surface area contributed by atoms with Gasteiger partial charge in [0.25, 0.3) is 5.89 Å². The van der Waals surface area contributed by atoms with Crippen LogP contribution >= 0.6 is 11.6 Å². The van der Waals surface area contributed by atoms with Gasteiger partial charge in [-0.05, 0) is 62.9 Å². The van der Waals surface area contributed by atoms with Gasteiger partial charge >= 0.3 is 0 Å². The van der Waals surface area contributed by atoms with Crippen LogP contribution in [0.3, 0.4) is 0 Å². The van der Waals surface area contributed by atoms with Gasteiger partial charge in [-0.25, -0.2) is 4.98 Å². The summed E-state index contributed by atoms with van der Waals surface area (Å²) in [5.74, 6) is -5.81. The highest BCUT2D eigenvalue weighted by Gasteiger charge is 2.33. The van der Waals surface area contributed by atoms with Gasteiger partial charge in [-0.15, -0.1) is 0 Å². The Morgan fingerprint density at radius 2 is 1.42 bits per heavy atom. The van der Waals surface area contributed by atoms with Crippen LogP contribution in [0.5, 0.6) is 0 Å². The van der Waals surface area contributed by atoms with Crippen molar-refractivity contribution in [2.24, 2.45) is 29.2 Å². The Morgan fingerprint density at radius 1 is 0.811 bits per heavy atom. The number of unbranched alkanes of at least 4 members (excludes halogenated alkanes) is 1. The molecule has 1 heterocycles. The molecule has 6 atom stereocenters. The van der Waals surface area contributed by atoms with E-state index in [1.807, 2.05) is 12.1 Å². The number of benzene rings is 2. The average Bonchev–Trinajstić information content (AvgIpc) is 3.57. The van der Waals surface area contributed by atoms with Crippen molar-refractivity contribution in [1.29, 1.82) is 0 Å². The summed E-state index contributed by atoms with van der Waals surface area (Å²) in [5.41, 5.74) is 14.2. The van der Waals surface area contributed by atoms with Crippen LogP contribution in [0.2, 0.25) is 5.02 Å². The molecule has 13 nitrogen and oxygen atoms in total. The van der Waals surface area contributed by atoms with Gasteiger partial charge in [0.05, 0.1) is 23.8 Å². The summed E-state index contributed by atoms with van der Waals surface area (Å²) in [4.78, 5) is 83.0. The highest BCUT2D eigenvalue weighted by Crippen LogP contribution is 2.23. The molecule has 2 aromatic carbocycles. The van der Waals surface area contributed by atoms with Crippen molar-refractivity contribution in [3.05, 3.63) is 77.0 Å². The van der Waals surface area contributed by atoms with Gasteiger partial charge in [0.1, 0.15) is 12.3 Å². The zero-order chi connectivity index (χ0) is 39.2. The van der Waals surface area contributed by atoms with Crippen molar-refractivity contribution >= 4 is 46.5 Å². The SMILES string of the molecule is Cc1coc(C(=O)[C@H](C)CC(=O)[C@H](CCCCN)NC(=O)[C@H](C)CC(=O)[C@@H](NC(=O)[C@H](CN)CC(=O)c2ccc(-c3ccc(Cl)cc3)cc2)[C@@H](C)O)n1. The number of ketones is 4. The van der Waals surface area contributed by atoms with E-state index in [0.29, 0.717) is 35.7 Å². The highest BCUT2D eigenvalue weighted by molar-refractivity contribution is 6.30. The van der Waals surface area contributed by atoms with Gasteiger partial charge in [0.2, 0.25) is 17.6 Å². The van der Waals surface area contributed by atoms with E-state index < -0.39 is 59.3 Å². The van der Waals surface area contributed by atoms with Crippen LogP contribution in [-0.2, 0) is 19.2 Å². The van der Waals surface area contributed by atoms with Gasteiger partial charge < -0.3 is 31.6 Å². The lowest BCUT2D eigenvalue weighted by Crippen LogP contribution is -2.51. The minimum absolute atomic E-state index is 0.0942. The fourth-order valence-corrected chi connectivity index (χ4v) is 5.84. The number of aliphatic hydroxyl groups excluding tert-OH is 1. The number of aryl methyl sites for hydroxylation is 1. The summed E-state index contributed by atoms with van der Waals surface area (Å²) in [6.07, 6.45) is 0.677. The molecule has 0 bridgehead atoms. The fourth-order valence-electron chi connectivity index (χ4n) is 5.71. The number of oxazole rings is 1. The molecule has 0 radical (unpaired) electrons. The number of aliphatic hydroxyl groups is 1. The molecule has 1 aromatic heterocycles. The minimum Gasteiger partial charge on any atom is -0.442 e. The van der Waals surface area contributed by atoms with Crippen molar-refractivity contribution in [1.82, 2.24) is 15.6 Å². The molecule has 286 valence electrons. The van der Waals surface area contributed by atoms with Gasteiger partial charge in [-0.2, -0.15) is 0 Å². The first-order valence-electron chi connectivity index (χ1n) is 17.7. The van der Waals surface area contributed by atoms with Crippen LogP contribution in [-0.4, -0.2) is 76.3 Å². The number of rotatable bonds is 22. The lowest BCUT2D eigenvalue weighted by Gasteiger charge is -2.25. The van der Waals surface area contributed by atoms with E-state index in [1.165, 1.54) is 20.1 Å². The summed E-state index contributed by atoms with van der Waals surface area (Å²) < 4.78 is 5.18. The predicted molar refractivity (Wildman–Crippen MR) is 200 cm³/mol. The van der Waals surface area contributed by atoms with Crippen molar-refractivity contribution in [3.8, 4) is 11.1 Å². The topological polar surface area (TPSA) is 225 Å². The molecule has 0 aliphatic heterocycles. The number of nitrogens with one attached hydrogen (secondary N) is 2. The first-order chi connectivity index (χ1) is 25.1. The Kier molecular flexibility index (Phi) is 16.7. The second-order valence-corrected chi connectivity index (χ2v) is 14.0. The maximum absolute atomic E-state index is 13.4. The van der Waals surface area contributed by atoms with E-state index in [9.17, 15) is 33.9 Å². The Morgan fingerprint density at radius 3 is 1.96 bits per heavy atom. The van der Waals surface area contributed by atoms with Gasteiger partial charge in [-0.1, -0.05) is 61.8 Å². The number of amides is 2. The quantitative estimate of drug-likeness (QED) is 0.0729. The number of hydrogen-bond acceptors (Lipinski definition) is 11. The Balaban J connectivity index is 1.60. The first kappa shape index (κ1) is 42.8. The maximum Gasteiger partial charge on any atom is 0.263 e. The lowest BCUT2D eigenvalue weighted by atomic mass is 9.92. The monoisotopic (exact) mass is 751 g/mol. The van der Waals surface area contributed by atoms with Crippen molar-refractivity contribution in [2.45, 2.75) is 84.4 Å². The normalized spacial score (nSPS) is 14.6. The van der Waals surface area contributed by atoms with Crippen molar-refractivity contribution in [3.63, 3.8) is 0 Å². The molecule has 0 fully saturated rings. The van der Waals surface area contributed by atoms with E-state index in [1.54, 1.807) is 50.2 Å². The maximum atomic E-state index is 13.4. The third kappa shape index (κ3) is 12.8. The molecular formula is C39H50ClN5O8. The van der Waals surface area contributed by atoms with Crippen LogP contribution in [0.15, 0.2) is 59.2 Å². The molecule has 3 rings (SSSR count). The number of nitrogens with two attached hydrogens (primary N) is 2. The van der Waals surface area contributed by atoms with Crippen LogP contribution < -0.4 is 22.1 Å². The van der Waals surface area contributed by atoms with E-state index in [-0.39, 0.29) is 49.7 Å². The van der Waals surface area contributed by atoms with E-state index in [2.05, 4.69) is 15.6 Å². The molecule has 0 unspecified atom stereocenters. The largest absolute Gasteiger partial charge is 0.442 e. The summed E-state index contributed by atoms with van der Waals surface area (Å²) in [6, 6.07) is 11.8. The van der Waals surface area contributed by atoms with Crippen molar-refractivity contribution < 1.29 is 38.3 Å². The van der Waals surface area contributed by atoms with Crippen LogP contribution in [0.4, 0.5) is 0 Å². The molecule has 53 heavy (non-hydrogen) atoms. The first-order valence-corrected chi connectivity index (χ1v) is 18.1. The van der Waals surface area contributed by atoms with E-state index >= 15 is 0 Å². The number of Topliss-reactive ketones (excluding diaryl/α,β-unsaturated/α-hetero) is 4. The number of nitrogens with zero attached hydrogens (tertiary/aromatic N) is 1. The summed E-state index contributed by atoms with van der Waals surface area (Å²) in [6.45, 7) is 6.27. The molecule has 0 saturated heterocycles. The third-order valence-corrected chi connectivity index (χ3v) is 9.24. The van der Waals surface area contributed by atoms with Gasteiger partial charge in [0.15, 0.2) is 17.3 Å². The molecule has 2 amide bonds. The number of aromatic nitrogens is 1. The van der Waals surface area contributed by atoms with E-state index in [4.69, 9.17) is 27.5 Å². The molecule has 0 spiro atoms. The Bertz CT molecular complexity index is 1720. The molecular weight excluding hydrogens is 702 g/mol. The number of carbonyl (C=O) groups is 6. The standard InChI is InChI=1S/C39H50ClN5O8/c1-22(36(50)39-43-24(3)21-53-39)17-33(48)31(7-5-6-16-41)44-37(51)23(2)18-34(49)35(25(4)46)45-38(52)29(20-42)19-32(47)28-10-8-26(9-11-28)27-12-14-30(40)15-13-27/h8-15,21-23,25,29,31,35,46H,5-7,16-20,41-42H2,1-4H3,(H,44,51)(H,45,52)/t22-,23-,25-,29+,31+,35+/m1/s1. The lowest BCUT2D eigenvalue weighted by molar-refractivity contribution is -0.135. The van der Waals surface area contributed by atoms with Crippen LogP contribution in [0.1, 0.15) is 86.0 Å². The van der Waals surface area contributed by atoms with Gasteiger partial charge in [-0.3, -0.25) is 28.8 Å². The molecule has 7 N–H and O–H groups in total. The Hall–Kier alpha value is -4.56. The molecule has 0 aliphatic carbocycles. The zero-order valence-corrected chi connectivity index (χ0v) is 31.4. The molecule has 3 aromatic rings. The number of halogens is 1. The molecule has 0 saturated carbocycles. The average molecular weight is 752 g/mol. The second kappa shape index (κ2) is 20.6. The van der Waals surface area contributed by atoms with Crippen LogP contribution in [0, 0.1) is 24.7 Å². The smallest absolute Gasteiger partial charge is 0.263 e. The van der Waals surface area contributed by atoms with Gasteiger partial charge in [0, 0.05) is 48.2 Å². The van der Waals surface area contributed by atoms with E-state index in [0.717, 1.165) is 11.1 Å². The summed E-state index contributed by atoms with van der Waals surface area (Å²) >= 11 is 5.97. The van der Waals surface area contributed by atoms with Crippen LogP contribution in [0.25, 0.3) is 11.1 Å². The summed E-state index contributed by atoms with van der Waals surface area (Å²) in [7, 11) is 0. The number of carbonyl (C=O) groups excluding carboxylic acids is 6. The highest BCUT2D eigenvalue weighted by atomic mass is 35.5. The molecule has 14 heteroatoms. The number of hydrogen-bond donors (Lipinski definition) is 5.